The molecule has 0 saturated carbocycles. The van der Waals surface area contributed by atoms with Gasteiger partial charge in [-0.3, -0.25) is 10.1 Å². The van der Waals surface area contributed by atoms with E-state index in [2.05, 4.69) is 0 Å². The Morgan fingerprint density at radius 2 is 1.59 bits per heavy atom. The Morgan fingerprint density at radius 1 is 1.00 bits per heavy atom. The van der Waals surface area contributed by atoms with Crippen molar-refractivity contribution in [2.75, 3.05) is 31.1 Å². The molecule has 0 unspecified atom stereocenters. The number of hydrogen-bond acceptors (Lipinski definition) is 5. The normalized spacial score (nSPS) is 19.7. The van der Waals surface area contributed by atoms with Gasteiger partial charge in [0.15, 0.2) is 0 Å². The lowest BCUT2D eigenvalue weighted by molar-refractivity contribution is -0.384. The number of anilines is 1. The van der Waals surface area contributed by atoms with E-state index in [4.69, 9.17) is 0 Å². The summed E-state index contributed by atoms with van der Waals surface area (Å²) in [6.45, 7) is 2.53. The van der Waals surface area contributed by atoms with Gasteiger partial charge in [0, 0.05) is 32.2 Å². The molecule has 2 fully saturated rings. The Bertz CT molecular complexity index is 677. The average Bonchev–Trinajstić information content (AvgIpc) is 3.20. The molecule has 1 aromatic carbocycles. The van der Waals surface area contributed by atoms with Crippen LogP contribution in [0, 0.1) is 10.1 Å². The molecule has 2 saturated heterocycles. The van der Waals surface area contributed by atoms with Crippen molar-refractivity contribution in [3.05, 3.63) is 28.3 Å². The van der Waals surface area contributed by atoms with Crippen molar-refractivity contribution in [3.8, 4) is 0 Å². The smallest absolute Gasteiger partial charge is 0.293 e. The topological polar surface area (TPSA) is 83.8 Å². The van der Waals surface area contributed by atoms with Crippen molar-refractivity contribution in [1.82, 2.24) is 4.31 Å². The lowest BCUT2D eigenvalue weighted by atomic mass is 10.2. The van der Waals surface area contributed by atoms with Crippen molar-refractivity contribution in [2.45, 2.75) is 30.6 Å². The van der Waals surface area contributed by atoms with Crippen LogP contribution >= 0.6 is 0 Å². The summed E-state index contributed by atoms with van der Waals surface area (Å²) in [5.74, 6) is 0. The second kappa shape index (κ2) is 5.85. The first-order valence-electron chi connectivity index (χ1n) is 7.54. The van der Waals surface area contributed by atoms with Gasteiger partial charge in [-0.2, -0.15) is 4.31 Å². The third-order valence-electron chi connectivity index (χ3n) is 4.29. The van der Waals surface area contributed by atoms with E-state index in [-0.39, 0.29) is 10.6 Å². The predicted octanol–water partition coefficient (Wildman–Crippen LogP) is 1.98. The van der Waals surface area contributed by atoms with Gasteiger partial charge in [-0.25, -0.2) is 8.42 Å². The molecule has 0 atom stereocenters. The molecule has 2 aliphatic heterocycles. The Morgan fingerprint density at radius 3 is 2.18 bits per heavy atom. The third-order valence-corrected chi connectivity index (χ3v) is 6.19. The first kappa shape index (κ1) is 15.2. The van der Waals surface area contributed by atoms with Crippen molar-refractivity contribution in [3.63, 3.8) is 0 Å². The second-order valence-electron chi connectivity index (χ2n) is 5.71. The first-order chi connectivity index (χ1) is 10.5. The lowest BCUT2D eigenvalue weighted by Crippen LogP contribution is -2.28. The largest absolute Gasteiger partial charge is 0.366 e. The van der Waals surface area contributed by atoms with E-state index in [1.165, 1.54) is 16.4 Å². The third kappa shape index (κ3) is 2.68. The average molecular weight is 325 g/mol. The molecule has 0 spiro atoms. The van der Waals surface area contributed by atoms with Crippen LogP contribution in [0.2, 0.25) is 0 Å². The van der Waals surface area contributed by atoms with Crippen LogP contribution in [0.5, 0.6) is 0 Å². The highest BCUT2D eigenvalue weighted by atomic mass is 32.2. The zero-order valence-electron chi connectivity index (χ0n) is 12.3. The molecule has 0 aliphatic carbocycles. The molecule has 2 heterocycles. The van der Waals surface area contributed by atoms with Crippen LogP contribution in [-0.4, -0.2) is 43.8 Å². The summed E-state index contributed by atoms with van der Waals surface area (Å²) in [6.07, 6.45) is 3.69. The molecule has 0 amide bonds. The van der Waals surface area contributed by atoms with Crippen molar-refractivity contribution in [2.24, 2.45) is 0 Å². The SMILES string of the molecule is O=[N+]([O-])c1cc(S(=O)(=O)N2CCCC2)ccc1N1CCCC1. The fourth-order valence-electron chi connectivity index (χ4n) is 3.11. The standard InChI is InChI=1S/C14H19N3O4S/c18-17(19)14-11-12(22(20,21)16-9-3-4-10-16)5-6-13(14)15-7-1-2-8-15/h5-6,11H,1-4,7-10H2. The van der Waals surface area contributed by atoms with Crippen LogP contribution in [0.4, 0.5) is 11.4 Å². The van der Waals surface area contributed by atoms with Gasteiger partial charge in [-0.1, -0.05) is 0 Å². The van der Waals surface area contributed by atoms with Crippen LogP contribution in [0.1, 0.15) is 25.7 Å². The van der Waals surface area contributed by atoms with E-state index in [1.54, 1.807) is 6.07 Å². The predicted molar refractivity (Wildman–Crippen MR) is 82.5 cm³/mol. The molecule has 1 aromatic rings. The molecule has 0 aromatic heterocycles. The van der Waals surface area contributed by atoms with Gasteiger partial charge in [0.2, 0.25) is 10.0 Å². The maximum atomic E-state index is 12.5. The van der Waals surface area contributed by atoms with E-state index >= 15 is 0 Å². The van der Waals surface area contributed by atoms with Gasteiger partial charge in [-0.05, 0) is 37.8 Å². The molecule has 7 nitrogen and oxygen atoms in total. The molecular formula is C14H19N3O4S. The number of nitro groups is 1. The van der Waals surface area contributed by atoms with Gasteiger partial charge in [0.1, 0.15) is 5.69 Å². The quantitative estimate of drug-likeness (QED) is 0.624. The van der Waals surface area contributed by atoms with E-state index < -0.39 is 14.9 Å². The molecule has 3 rings (SSSR count). The molecular weight excluding hydrogens is 306 g/mol. The summed E-state index contributed by atoms with van der Waals surface area (Å²) in [6, 6.07) is 4.28. The molecule has 0 bridgehead atoms. The molecule has 22 heavy (non-hydrogen) atoms. The maximum absolute atomic E-state index is 12.5. The number of sulfonamides is 1. The molecule has 0 N–H and O–H groups in total. The Kier molecular flexibility index (Phi) is 4.05. The zero-order chi connectivity index (χ0) is 15.7. The highest BCUT2D eigenvalue weighted by molar-refractivity contribution is 7.89. The number of nitrogens with zero attached hydrogens (tertiary/aromatic N) is 3. The lowest BCUT2D eigenvalue weighted by Gasteiger charge is -2.19. The van der Waals surface area contributed by atoms with Crippen molar-refractivity contribution < 1.29 is 13.3 Å². The van der Waals surface area contributed by atoms with Crippen LogP contribution in [-0.2, 0) is 10.0 Å². The van der Waals surface area contributed by atoms with E-state index in [1.807, 2.05) is 4.90 Å². The highest BCUT2D eigenvalue weighted by Gasteiger charge is 2.30. The molecule has 2 aliphatic rings. The molecule has 8 heteroatoms. The van der Waals surface area contributed by atoms with Gasteiger partial charge in [0.05, 0.1) is 9.82 Å². The number of benzene rings is 1. The van der Waals surface area contributed by atoms with Gasteiger partial charge >= 0.3 is 0 Å². The summed E-state index contributed by atoms with van der Waals surface area (Å²) in [5.41, 5.74) is 0.394. The van der Waals surface area contributed by atoms with Crippen LogP contribution in [0.15, 0.2) is 23.1 Å². The van der Waals surface area contributed by atoms with E-state index in [9.17, 15) is 18.5 Å². The summed E-state index contributed by atoms with van der Waals surface area (Å²) in [5, 5.41) is 11.3. The minimum Gasteiger partial charge on any atom is -0.366 e. The number of nitro benzene ring substituents is 1. The minimum atomic E-state index is -3.62. The van der Waals surface area contributed by atoms with Crippen LogP contribution in [0.25, 0.3) is 0 Å². The van der Waals surface area contributed by atoms with E-state index in [0.717, 1.165) is 38.8 Å². The minimum absolute atomic E-state index is 0.0176. The molecule has 0 radical (unpaired) electrons. The van der Waals surface area contributed by atoms with Crippen molar-refractivity contribution in [1.29, 1.82) is 0 Å². The number of rotatable bonds is 4. The highest BCUT2D eigenvalue weighted by Crippen LogP contribution is 2.34. The number of hydrogen-bond donors (Lipinski definition) is 0. The zero-order valence-corrected chi connectivity index (χ0v) is 13.1. The Hall–Kier alpha value is -1.67. The van der Waals surface area contributed by atoms with Crippen LogP contribution in [0.3, 0.4) is 0 Å². The van der Waals surface area contributed by atoms with Gasteiger partial charge < -0.3 is 4.90 Å². The summed E-state index contributed by atoms with van der Waals surface area (Å²) in [4.78, 5) is 12.8. The monoisotopic (exact) mass is 325 g/mol. The summed E-state index contributed by atoms with van der Waals surface area (Å²) in [7, 11) is -3.62. The van der Waals surface area contributed by atoms with Gasteiger partial charge in [-0.15, -0.1) is 0 Å². The van der Waals surface area contributed by atoms with Crippen LogP contribution < -0.4 is 4.90 Å². The Balaban J connectivity index is 2.00. The second-order valence-corrected chi connectivity index (χ2v) is 7.65. The fraction of sp³-hybridized carbons (Fsp3) is 0.571. The fourth-order valence-corrected chi connectivity index (χ4v) is 4.65. The Labute approximate surface area is 129 Å². The summed E-state index contributed by atoms with van der Waals surface area (Å²) < 4.78 is 26.5. The van der Waals surface area contributed by atoms with E-state index in [0.29, 0.717) is 18.8 Å². The first-order valence-corrected chi connectivity index (χ1v) is 8.98. The maximum Gasteiger partial charge on any atom is 0.293 e. The van der Waals surface area contributed by atoms with Gasteiger partial charge in [0.25, 0.3) is 5.69 Å². The summed E-state index contributed by atoms with van der Waals surface area (Å²) >= 11 is 0. The van der Waals surface area contributed by atoms with Crippen molar-refractivity contribution >= 4 is 21.4 Å². The molecule has 120 valence electrons.